The lowest BCUT2D eigenvalue weighted by Gasteiger charge is -2.30. The molecule has 0 spiro atoms. The highest BCUT2D eigenvalue weighted by Crippen LogP contribution is 2.33. The first-order valence-corrected chi connectivity index (χ1v) is 12.6. The van der Waals surface area contributed by atoms with Crippen molar-refractivity contribution in [1.29, 1.82) is 0 Å². The standard InChI is InChI=1S/C29H39N3O4/c1-6-18-35-21-24(33)19-31(22(4)7-2)20-27-28(8-3)30-32(23-12-10-9-11-13-23)29(27)36-26-16-14-25(34-5)15-17-26/h6,9-17,22,24,33H,1,7-8,18-21H2,2-5H3/t22-,24+/m0/s1. The lowest BCUT2D eigenvalue weighted by molar-refractivity contribution is 0.0155. The van der Waals surface area contributed by atoms with Gasteiger partial charge in [-0.15, -0.1) is 6.58 Å². The van der Waals surface area contributed by atoms with E-state index in [1.807, 2.05) is 59.3 Å². The van der Waals surface area contributed by atoms with Crippen molar-refractivity contribution in [2.75, 3.05) is 26.9 Å². The van der Waals surface area contributed by atoms with Gasteiger partial charge in [0.1, 0.15) is 11.5 Å². The SMILES string of the molecule is C=CCOC[C@H](O)CN(Cc1c(CC)nn(-c2ccccc2)c1Oc1ccc(OC)cc1)[C@@H](C)CC. The Morgan fingerprint density at radius 2 is 1.78 bits per heavy atom. The third-order valence-corrected chi connectivity index (χ3v) is 6.20. The molecule has 2 aromatic carbocycles. The van der Waals surface area contributed by atoms with Gasteiger partial charge in [-0.3, -0.25) is 4.90 Å². The molecule has 1 N–H and O–H groups in total. The van der Waals surface area contributed by atoms with Crippen LogP contribution in [0.2, 0.25) is 0 Å². The van der Waals surface area contributed by atoms with Crippen molar-refractivity contribution in [1.82, 2.24) is 14.7 Å². The topological polar surface area (TPSA) is 69.0 Å². The maximum absolute atomic E-state index is 10.7. The number of aliphatic hydroxyl groups is 1. The van der Waals surface area contributed by atoms with Crippen LogP contribution in [-0.2, 0) is 17.7 Å². The molecule has 0 radical (unpaired) electrons. The molecule has 0 amide bonds. The van der Waals surface area contributed by atoms with E-state index in [4.69, 9.17) is 19.3 Å². The van der Waals surface area contributed by atoms with Crippen LogP contribution in [0.5, 0.6) is 17.4 Å². The van der Waals surface area contributed by atoms with Crippen molar-refractivity contribution in [2.45, 2.75) is 52.3 Å². The number of aryl methyl sites for hydroxylation is 1. The van der Waals surface area contributed by atoms with Crippen molar-refractivity contribution in [2.24, 2.45) is 0 Å². The van der Waals surface area contributed by atoms with Crippen LogP contribution in [-0.4, -0.2) is 58.8 Å². The molecule has 2 atom stereocenters. The number of ether oxygens (including phenoxy) is 3. The molecule has 1 heterocycles. The first-order chi connectivity index (χ1) is 17.5. The lowest BCUT2D eigenvalue weighted by Crippen LogP contribution is -2.40. The van der Waals surface area contributed by atoms with E-state index < -0.39 is 6.10 Å². The molecule has 7 nitrogen and oxygen atoms in total. The zero-order valence-corrected chi connectivity index (χ0v) is 21.9. The first-order valence-electron chi connectivity index (χ1n) is 12.6. The first kappa shape index (κ1) is 27.5. The van der Waals surface area contributed by atoms with E-state index in [1.54, 1.807) is 13.2 Å². The van der Waals surface area contributed by atoms with Crippen molar-refractivity contribution < 1.29 is 19.3 Å². The van der Waals surface area contributed by atoms with Gasteiger partial charge in [0.15, 0.2) is 0 Å². The quantitative estimate of drug-likeness (QED) is 0.226. The van der Waals surface area contributed by atoms with Gasteiger partial charge in [0, 0.05) is 19.1 Å². The van der Waals surface area contributed by atoms with Crippen LogP contribution < -0.4 is 9.47 Å². The van der Waals surface area contributed by atoms with Crippen molar-refractivity contribution in [3.05, 3.63) is 78.5 Å². The Labute approximate surface area is 214 Å². The summed E-state index contributed by atoms with van der Waals surface area (Å²) in [6.45, 7) is 11.9. The smallest absolute Gasteiger partial charge is 0.227 e. The molecule has 0 bridgehead atoms. The van der Waals surface area contributed by atoms with E-state index in [9.17, 15) is 5.11 Å². The molecule has 0 fully saturated rings. The minimum Gasteiger partial charge on any atom is -0.497 e. The summed E-state index contributed by atoms with van der Waals surface area (Å²) in [5, 5.41) is 15.6. The van der Waals surface area contributed by atoms with Gasteiger partial charge in [0.25, 0.3) is 0 Å². The molecule has 0 aliphatic carbocycles. The molecular weight excluding hydrogens is 454 g/mol. The predicted molar refractivity (Wildman–Crippen MR) is 143 cm³/mol. The number of para-hydroxylation sites is 1. The maximum Gasteiger partial charge on any atom is 0.227 e. The van der Waals surface area contributed by atoms with Crippen molar-refractivity contribution in [3.63, 3.8) is 0 Å². The molecule has 1 aromatic heterocycles. The van der Waals surface area contributed by atoms with E-state index in [-0.39, 0.29) is 12.6 Å². The maximum atomic E-state index is 10.7. The molecule has 3 aromatic rings. The average molecular weight is 494 g/mol. The molecule has 194 valence electrons. The van der Waals surface area contributed by atoms with Gasteiger partial charge in [-0.25, -0.2) is 4.68 Å². The summed E-state index contributed by atoms with van der Waals surface area (Å²) in [5.74, 6) is 2.14. The normalized spacial score (nSPS) is 12.9. The Balaban J connectivity index is 1.99. The van der Waals surface area contributed by atoms with Crippen LogP contribution >= 0.6 is 0 Å². The number of hydrogen-bond acceptors (Lipinski definition) is 6. The van der Waals surface area contributed by atoms with Crippen LogP contribution in [0.3, 0.4) is 0 Å². The van der Waals surface area contributed by atoms with Crippen molar-refractivity contribution >= 4 is 0 Å². The fourth-order valence-corrected chi connectivity index (χ4v) is 4.00. The number of aromatic nitrogens is 2. The number of methoxy groups -OCH3 is 1. The fourth-order valence-electron chi connectivity index (χ4n) is 4.00. The summed E-state index contributed by atoms with van der Waals surface area (Å²) in [6, 6.07) is 17.8. The number of hydrogen-bond donors (Lipinski definition) is 1. The van der Waals surface area contributed by atoms with Crippen LogP contribution in [0.15, 0.2) is 67.3 Å². The monoisotopic (exact) mass is 493 g/mol. The Morgan fingerprint density at radius 3 is 2.39 bits per heavy atom. The zero-order valence-electron chi connectivity index (χ0n) is 21.9. The van der Waals surface area contributed by atoms with Crippen LogP contribution in [0, 0.1) is 0 Å². The summed E-state index contributed by atoms with van der Waals surface area (Å²) >= 11 is 0. The van der Waals surface area contributed by atoms with Gasteiger partial charge in [0.05, 0.1) is 43.4 Å². The molecule has 0 aliphatic rings. The zero-order chi connectivity index (χ0) is 25.9. The number of rotatable bonds is 15. The minimum absolute atomic E-state index is 0.248. The molecular formula is C29H39N3O4. The highest BCUT2D eigenvalue weighted by molar-refractivity contribution is 5.44. The average Bonchev–Trinajstić information content (AvgIpc) is 3.25. The van der Waals surface area contributed by atoms with E-state index in [0.29, 0.717) is 31.3 Å². The summed E-state index contributed by atoms with van der Waals surface area (Å²) < 4.78 is 19.2. The number of nitrogens with zero attached hydrogens (tertiary/aromatic N) is 3. The fraction of sp³-hybridized carbons (Fsp3) is 0.414. The van der Waals surface area contributed by atoms with Gasteiger partial charge in [-0.2, -0.15) is 5.10 Å². The summed E-state index contributed by atoms with van der Waals surface area (Å²) in [5.41, 5.74) is 2.90. The van der Waals surface area contributed by atoms with E-state index in [1.165, 1.54) is 0 Å². The summed E-state index contributed by atoms with van der Waals surface area (Å²) in [4.78, 5) is 2.27. The Hall–Kier alpha value is -3.13. The second-order valence-corrected chi connectivity index (χ2v) is 8.78. The van der Waals surface area contributed by atoms with E-state index >= 15 is 0 Å². The van der Waals surface area contributed by atoms with Crippen LogP contribution in [0.1, 0.15) is 38.4 Å². The van der Waals surface area contributed by atoms with Gasteiger partial charge >= 0.3 is 0 Å². The summed E-state index contributed by atoms with van der Waals surface area (Å²) in [6.07, 6.45) is 2.78. The Kier molecular flexibility index (Phi) is 10.5. The van der Waals surface area contributed by atoms with Crippen LogP contribution in [0.25, 0.3) is 5.69 Å². The predicted octanol–water partition coefficient (Wildman–Crippen LogP) is 5.40. The molecule has 0 saturated heterocycles. The molecule has 3 rings (SSSR count). The number of aliphatic hydroxyl groups excluding tert-OH is 1. The highest BCUT2D eigenvalue weighted by Gasteiger charge is 2.25. The Morgan fingerprint density at radius 1 is 1.08 bits per heavy atom. The number of benzene rings is 2. The largest absolute Gasteiger partial charge is 0.497 e. The van der Waals surface area contributed by atoms with Gasteiger partial charge in [0.2, 0.25) is 5.88 Å². The van der Waals surface area contributed by atoms with Gasteiger partial charge in [-0.05, 0) is 56.2 Å². The van der Waals surface area contributed by atoms with Gasteiger partial charge in [-0.1, -0.05) is 38.1 Å². The van der Waals surface area contributed by atoms with E-state index in [2.05, 4.69) is 32.3 Å². The van der Waals surface area contributed by atoms with Crippen LogP contribution in [0.4, 0.5) is 0 Å². The highest BCUT2D eigenvalue weighted by atomic mass is 16.5. The molecule has 0 saturated carbocycles. The lowest BCUT2D eigenvalue weighted by atomic mass is 10.1. The second-order valence-electron chi connectivity index (χ2n) is 8.78. The molecule has 0 unspecified atom stereocenters. The Bertz CT molecular complexity index is 1070. The van der Waals surface area contributed by atoms with E-state index in [0.717, 1.165) is 35.5 Å². The molecule has 36 heavy (non-hydrogen) atoms. The third kappa shape index (κ3) is 7.20. The van der Waals surface area contributed by atoms with Crippen molar-refractivity contribution in [3.8, 4) is 23.1 Å². The second kappa shape index (κ2) is 13.8. The van der Waals surface area contributed by atoms with Gasteiger partial charge < -0.3 is 19.3 Å². The summed E-state index contributed by atoms with van der Waals surface area (Å²) in [7, 11) is 1.65. The minimum atomic E-state index is -0.612. The molecule has 0 aliphatic heterocycles. The third-order valence-electron chi connectivity index (χ3n) is 6.20. The molecule has 7 heteroatoms.